The van der Waals surface area contributed by atoms with Gasteiger partial charge in [-0.1, -0.05) is 0 Å². The highest BCUT2D eigenvalue weighted by molar-refractivity contribution is 5.00. The van der Waals surface area contributed by atoms with Gasteiger partial charge in [0.05, 0.1) is 26.4 Å². The number of aliphatic hydroxyl groups excluding tert-OH is 17. The fraction of sp³-hybridized carbons (Fsp3) is 1.00. The molecule has 0 unspecified atom stereocenters. The number of aliphatic hydroxyl groups is 17. The van der Waals surface area contributed by atoms with Gasteiger partial charge in [-0.15, -0.1) is 0 Å². The van der Waals surface area contributed by atoms with E-state index >= 15 is 0 Å². The zero-order chi connectivity index (χ0) is 38.1. The molecular weight excluding hydrogens is 708 g/mol. The molecule has 0 bridgehead atoms. The summed E-state index contributed by atoms with van der Waals surface area (Å²) in [5, 5.41) is 175. The first-order chi connectivity index (χ1) is 24.0. The molecule has 0 aromatic heterocycles. The highest BCUT2D eigenvalue weighted by Crippen LogP contribution is 2.36. The molecule has 4 saturated heterocycles. The molecule has 4 fully saturated rings. The maximum atomic E-state index is 11.1. The second-order valence-corrected chi connectivity index (χ2v) is 12.6. The van der Waals surface area contributed by atoms with Crippen LogP contribution in [0.2, 0.25) is 0 Å². The zero-order valence-electron chi connectivity index (χ0n) is 26.6. The Morgan fingerprint density at radius 2 is 0.824 bits per heavy atom. The topological polar surface area (TPSA) is 409 Å². The molecule has 4 aliphatic rings. The minimum atomic E-state index is -2.26. The Kier molecular flexibility index (Phi) is 15.2. The van der Waals surface area contributed by atoms with Crippen molar-refractivity contribution in [2.24, 2.45) is 0 Å². The lowest BCUT2D eigenvalue weighted by Gasteiger charge is -2.50. The predicted octanol–water partition coefficient (Wildman–Crippen LogP) is -11.7. The molecule has 0 aliphatic carbocycles. The van der Waals surface area contributed by atoms with Crippen LogP contribution < -0.4 is 0 Å². The number of hydrogen-bond donors (Lipinski definition) is 17. The van der Waals surface area contributed by atoms with Gasteiger partial charge in [-0.05, 0) is 0 Å². The van der Waals surface area contributed by atoms with Crippen LogP contribution in [0, 0.1) is 0 Å². The summed E-state index contributed by atoms with van der Waals surface area (Å²) in [5.74, 6) is 0. The van der Waals surface area contributed by atoms with Crippen LogP contribution in [0.3, 0.4) is 0 Å². The molecule has 300 valence electrons. The molecule has 51 heavy (non-hydrogen) atoms. The summed E-state index contributed by atoms with van der Waals surface area (Å²) >= 11 is 0. The first-order valence-corrected chi connectivity index (χ1v) is 15.9. The first kappa shape index (κ1) is 42.8. The van der Waals surface area contributed by atoms with E-state index in [9.17, 15) is 86.8 Å². The van der Waals surface area contributed by atoms with Crippen LogP contribution in [-0.2, 0) is 33.2 Å². The van der Waals surface area contributed by atoms with Crippen LogP contribution in [0.1, 0.15) is 0 Å². The lowest BCUT2D eigenvalue weighted by Crippen LogP contribution is -2.69. The SMILES string of the molecule is OC[C@H](O)[C@H]1O[C@H](O[C@@H]2[C@@H](O[C@@H]3[C@H](O)[C@@H](O)O[C@H]([C@@H](O)CO)[C@H]3O[C@@H]3O[C@H](CO)[C@@H](O)[C@H](O)[C@H]3O)O[C@H]([C@@H](O)CO)[C@@H](O)[C@@H]2O)[C@@H](O)[C@@H](O)[C@@H]1O. The van der Waals surface area contributed by atoms with E-state index in [2.05, 4.69) is 0 Å². The van der Waals surface area contributed by atoms with Crippen LogP contribution in [0.25, 0.3) is 0 Å². The molecule has 4 heterocycles. The summed E-state index contributed by atoms with van der Waals surface area (Å²) < 4.78 is 38.6. The smallest absolute Gasteiger partial charge is 0.187 e. The van der Waals surface area contributed by atoms with Crippen molar-refractivity contribution in [3.05, 3.63) is 0 Å². The van der Waals surface area contributed by atoms with Crippen molar-refractivity contribution in [3.63, 3.8) is 0 Å². The molecule has 24 heteroatoms. The summed E-state index contributed by atoms with van der Waals surface area (Å²) in [6.45, 7) is -4.05. The lowest BCUT2D eigenvalue weighted by molar-refractivity contribution is -0.405. The van der Waals surface area contributed by atoms with Crippen molar-refractivity contribution in [2.75, 3.05) is 26.4 Å². The fourth-order valence-electron chi connectivity index (χ4n) is 6.18. The Morgan fingerprint density at radius 1 is 0.392 bits per heavy atom. The molecule has 0 aromatic rings. The highest BCUT2D eigenvalue weighted by atomic mass is 16.8. The zero-order valence-corrected chi connectivity index (χ0v) is 26.6. The third-order valence-corrected chi connectivity index (χ3v) is 9.18. The van der Waals surface area contributed by atoms with Gasteiger partial charge in [0.2, 0.25) is 0 Å². The molecule has 0 saturated carbocycles. The maximum absolute atomic E-state index is 11.1. The van der Waals surface area contributed by atoms with Crippen LogP contribution in [0.5, 0.6) is 0 Å². The van der Waals surface area contributed by atoms with Crippen LogP contribution >= 0.6 is 0 Å². The minimum absolute atomic E-state index is 0.906. The molecule has 4 rings (SSSR count). The Bertz CT molecular complexity index is 1060. The van der Waals surface area contributed by atoms with Gasteiger partial charge in [0.1, 0.15) is 116 Å². The maximum Gasteiger partial charge on any atom is 0.187 e. The van der Waals surface area contributed by atoms with Crippen LogP contribution in [-0.4, -0.2) is 254 Å². The summed E-state index contributed by atoms with van der Waals surface area (Å²) in [4.78, 5) is 0. The van der Waals surface area contributed by atoms with Crippen molar-refractivity contribution >= 4 is 0 Å². The molecule has 0 aromatic carbocycles. The molecule has 17 N–H and O–H groups in total. The molecular formula is C27H48O24. The van der Waals surface area contributed by atoms with E-state index in [-0.39, 0.29) is 0 Å². The number of rotatable bonds is 13. The van der Waals surface area contributed by atoms with Gasteiger partial charge in [0, 0.05) is 0 Å². The number of hydrogen-bond acceptors (Lipinski definition) is 24. The van der Waals surface area contributed by atoms with Crippen molar-refractivity contribution in [3.8, 4) is 0 Å². The van der Waals surface area contributed by atoms with E-state index in [0.717, 1.165) is 0 Å². The van der Waals surface area contributed by atoms with Crippen molar-refractivity contribution in [2.45, 2.75) is 141 Å². The Labute approximate surface area is 288 Å². The molecule has 0 spiro atoms. The van der Waals surface area contributed by atoms with E-state index in [1.54, 1.807) is 0 Å². The fourth-order valence-corrected chi connectivity index (χ4v) is 6.18. The van der Waals surface area contributed by atoms with Crippen molar-refractivity contribution in [1.29, 1.82) is 0 Å². The second-order valence-electron chi connectivity index (χ2n) is 12.6. The molecule has 24 nitrogen and oxygen atoms in total. The Balaban J connectivity index is 1.71. The normalized spacial score (nSPS) is 50.1. The highest BCUT2D eigenvalue weighted by Gasteiger charge is 2.57. The van der Waals surface area contributed by atoms with Crippen molar-refractivity contribution < 1.29 is 120 Å². The van der Waals surface area contributed by atoms with Gasteiger partial charge < -0.3 is 120 Å². The summed E-state index contributed by atoms with van der Waals surface area (Å²) in [7, 11) is 0. The molecule has 4 aliphatic heterocycles. The first-order valence-electron chi connectivity index (χ1n) is 15.9. The third kappa shape index (κ3) is 8.80. The molecule has 0 radical (unpaired) electrons. The minimum Gasteiger partial charge on any atom is -0.394 e. The average molecular weight is 757 g/mol. The lowest BCUT2D eigenvalue weighted by atomic mass is 9.92. The number of ether oxygens (including phenoxy) is 7. The molecule has 23 atom stereocenters. The van der Waals surface area contributed by atoms with Gasteiger partial charge in [0.25, 0.3) is 0 Å². The summed E-state index contributed by atoms with van der Waals surface area (Å²) in [6, 6.07) is 0. The van der Waals surface area contributed by atoms with Crippen LogP contribution in [0.15, 0.2) is 0 Å². The average Bonchev–Trinajstić information content (AvgIpc) is 3.12. The second kappa shape index (κ2) is 18.1. The summed E-state index contributed by atoms with van der Waals surface area (Å²) in [5.41, 5.74) is 0. The van der Waals surface area contributed by atoms with Gasteiger partial charge in [-0.25, -0.2) is 0 Å². The van der Waals surface area contributed by atoms with Crippen LogP contribution in [0.4, 0.5) is 0 Å². The predicted molar refractivity (Wildman–Crippen MR) is 152 cm³/mol. The largest absolute Gasteiger partial charge is 0.394 e. The van der Waals surface area contributed by atoms with E-state index in [0.29, 0.717) is 0 Å². The summed E-state index contributed by atoms with van der Waals surface area (Å²) in [6.07, 6.45) is -46.5. The quantitative estimate of drug-likeness (QED) is 0.0829. The van der Waals surface area contributed by atoms with E-state index in [1.165, 1.54) is 0 Å². The van der Waals surface area contributed by atoms with E-state index < -0.39 is 168 Å². The standard InChI is InChI=1S/C27H48O24/c28-1-5(32)18-12(38)11(37)16(42)26(47-18)50-22-14(40)13(39)19(6(33)2-29)48-27(22)49-21-17(43)24(44)46-20(7(34)3-30)23(21)51-25-15(41)10(36)9(35)8(4-31)45-25/h5-44H,1-4H2/t5-,6-,7-,8+,9+,10-,11-,12-,13-,14-,15+,16-,17-,18+,19+,20+,21+,22-,23+,24-,25-,26+,27+/m0/s1. The van der Waals surface area contributed by atoms with Gasteiger partial charge >= 0.3 is 0 Å². The Hall–Kier alpha value is -0.960. The Morgan fingerprint density at radius 3 is 1.35 bits per heavy atom. The monoisotopic (exact) mass is 756 g/mol. The van der Waals surface area contributed by atoms with Gasteiger partial charge in [-0.3, -0.25) is 0 Å². The third-order valence-electron chi connectivity index (χ3n) is 9.18. The molecule has 0 amide bonds. The van der Waals surface area contributed by atoms with E-state index in [1.807, 2.05) is 0 Å². The van der Waals surface area contributed by atoms with Crippen molar-refractivity contribution in [1.82, 2.24) is 0 Å². The van der Waals surface area contributed by atoms with Gasteiger partial charge in [0.15, 0.2) is 25.2 Å². The van der Waals surface area contributed by atoms with E-state index in [4.69, 9.17) is 33.2 Å². The van der Waals surface area contributed by atoms with Gasteiger partial charge in [-0.2, -0.15) is 0 Å².